The zero-order valence-electron chi connectivity index (χ0n) is 11.1. The Morgan fingerprint density at radius 1 is 1.28 bits per heavy atom. The first-order valence-corrected chi connectivity index (χ1v) is 6.93. The van der Waals surface area contributed by atoms with Gasteiger partial charge in [-0.25, -0.2) is 4.98 Å². The number of hydrogen-bond acceptors (Lipinski definition) is 4. The number of nitrogens with zero attached hydrogens (tertiary/aromatic N) is 2. The third-order valence-corrected chi connectivity index (χ3v) is 4.08. The van der Waals surface area contributed by atoms with Crippen molar-refractivity contribution in [2.75, 3.05) is 0 Å². The number of pyridine rings is 1. The molecular formula is C14H19N3S. The van der Waals surface area contributed by atoms with Crippen LogP contribution in [0.5, 0.6) is 0 Å². The normalized spacial score (nSPS) is 11.8. The fourth-order valence-corrected chi connectivity index (χ4v) is 2.78. The van der Waals surface area contributed by atoms with E-state index in [1.54, 1.807) is 23.7 Å². The van der Waals surface area contributed by atoms with Gasteiger partial charge >= 0.3 is 0 Å². The van der Waals surface area contributed by atoms with Crippen molar-refractivity contribution in [1.29, 1.82) is 0 Å². The molecule has 2 aromatic rings. The second-order valence-electron chi connectivity index (χ2n) is 5.25. The van der Waals surface area contributed by atoms with Crippen LogP contribution in [0.1, 0.15) is 30.8 Å². The van der Waals surface area contributed by atoms with Gasteiger partial charge < -0.3 is 5.73 Å². The van der Waals surface area contributed by atoms with Crippen LogP contribution in [0.15, 0.2) is 24.5 Å². The van der Waals surface area contributed by atoms with Crippen LogP contribution in [0, 0.1) is 6.92 Å². The van der Waals surface area contributed by atoms with E-state index in [1.807, 2.05) is 12.1 Å². The summed E-state index contributed by atoms with van der Waals surface area (Å²) >= 11 is 1.76. The molecule has 2 heterocycles. The third kappa shape index (κ3) is 3.37. The molecule has 2 rings (SSSR count). The lowest BCUT2D eigenvalue weighted by molar-refractivity contribution is 0.478. The summed E-state index contributed by atoms with van der Waals surface area (Å²) in [4.78, 5) is 9.99. The van der Waals surface area contributed by atoms with Crippen LogP contribution in [0.3, 0.4) is 0 Å². The fraction of sp³-hybridized carbons (Fsp3) is 0.429. The van der Waals surface area contributed by atoms with Gasteiger partial charge in [0.2, 0.25) is 0 Å². The molecule has 0 saturated heterocycles. The summed E-state index contributed by atoms with van der Waals surface area (Å²) in [6, 6.07) is 3.99. The van der Waals surface area contributed by atoms with Gasteiger partial charge in [-0.15, -0.1) is 11.3 Å². The van der Waals surface area contributed by atoms with E-state index in [-0.39, 0.29) is 5.54 Å². The van der Waals surface area contributed by atoms with Crippen LogP contribution in [-0.2, 0) is 6.42 Å². The first kappa shape index (κ1) is 13.2. The maximum absolute atomic E-state index is 6.03. The number of hydrogen-bond donors (Lipinski definition) is 1. The minimum Gasteiger partial charge on any atom is -0.326 e. The summed E-state index contributed by atoms with van der Waals surface area (Å²) in [5, 5.41) is 1.07. The Morgan fingerprint density at radius 3 is 2.56 bits per heavy atom. The van der Waals surface area contributed by atoms with Crippen LogP contribution in [0.25, 0.3) is 10.6 Å². The summed E-state index contributed by atoms with van der Waals surface area (Å²) in [5.41, 5.74) is 8.17. The molecule has 0 radical (unpaired) electrons. The largest absolute Gasteiger partial charge is 0.326 e. The van der Waals surface area contributed by atoms with Gasteiger partial charge in [0.05, 0.1) is 5.69 Å². The van der Waals surface area contributed by atoms with E-state index in [0.717, 1.165) is 29.1 Å². The first-order chi connectivity index (χ1) is 8.46. The summed E-state index contributed by atoms with van der Waals surface area (Å²) in [5.74, 6) is 0. The molecule has 0 bridgehead atoms. The average molecular weight is 261 g/mol. The Kier molecular flexibility index (Phi) is 3.78. The maximum Gasteiger partial charge on any atom is 0.123 e. The van der Waals surface area contributed by atoms with Gasteiger partial charge in [-0.3, -0.25) is 4.98 Å². The SMILES string of the molecule is Cc1nc(-c2ccncc2)sc1CCC(C)(C)N. The summed E-state index contributed by atoms with van der Waals surface area (Å²) in [7, 11) is 0. The van der Waals surface area contributed by atoms with Crippen molar-refractivity contribution in [1.82, 2.24) is 9.97 Å². The Bertz CT molecular complexity index is 512. The monoisotopic (exact) mass is 261 g/mol. The predicted octanol–water partition coefficient (Wildman–Crippen LogP) is 3.18. The number of rotatable bonds is 4. The smallest absolute Gasteiger partial charge is 0.123 e. The molecule has 18 heavy (non-hydrogen) atoms. The highest BCUT2D eigenvalue weighted by Gasteiger charge is 2.14. The molecule has 0 atom stereocenters. The van der Waals surface area contributed by atoms with Crippen molar-refractivity contribution < 1.29 is 0 Å². The number of aryl methyl sites for hydroxylation is 2. The molecule has 4 heteroatoms. The molecule has 0 spiro atoms. The van der Waals surface area contributed by atoms with Crippen molar-refractivity contribution in [3.8, 4) is 10.6 Å². The van der Waals surface area contributed by atoms with Crippen molar-refractivity contribution in [2.45, 2.75) is 39.2 Å². The molecule has 0 aliphatic rings. The van der Waals surface area contributed by atoms with Crippen LogP contribution in [0.4, 0.5) is 0 Å². The Morgan fingerprint density at radius 2 is 1.94 bits per heavy atom. The molecule has 0 aliphatic heterocycles. The summed E-state index contributed by atoms with van der Waals surface area (Å²) in [6.07, 6.45) is 5.58. The van der Waals surface area contributed by atoms with Gasteiger partial charge in [0, 0.05) is 28.4 Å². The highest BCUT2D eigenvalue weighted by Crippen LogP contribution is 2.29. The van der Waals surface area contributed by atoms with E-state index >= 15 is 0 Å². The van der Waals surface area contributed by atoms with E-state index in [0.29, 0.717) is 0 Å². The lowest BCUT2D eigenvalue weighted by atomic mass is 9.99. The lowest BCUT2D eigenvalue weighted by Gasteiger charge is -2.17. The number of nitrogens with two attached hydrogens (primary N) is 1. The Labute approximate surface area is 112 Å². The van der Waals surface area contributed by atoms with Gasteiger partial charge in [0.1, 0.15) is 5.01 Å². The Balaban J connectivity index is 2.17. The summed E-state index contributed by atoms with van der Waals surface area (Å²) < 4.78 is 0. The van der Waals surface area contributed by atoms with Gasteiger partial charge in [-0.05, 0) is 45.7 Å². The van der Waals surface area contributed by atoms with Gasteiger partial charge in [0.25, 0.3) is 0 Å². The zero-order valence-corrected chi connectivity index (χ0v) is 11.9. The van der Waals surface area contributed by atoms with Gasteiger partial charge in [0.15, 0.2) is 0 Å². The van der Waals surface area contributed by atoms with Crippen molar-refractivity contribution in [3.63, 3.8) is 0 Å². The number of aromatic nitrogens is 2. The average Bonchev–Trinajstić information content (AvgIpc) is 2.68. The predicted molar refractivity (Wildman–Crippen MR) is 76.7 cm³/mol. The van der Waals surface area contributed by atoms with E-state index in [4.69, 9.17) is 5.73 Å². The molecule has 2 N–H and O–H groups in total. The number of thiazole rings is 1. The fourth-order valence-electron chi connectivity index (χ4n) is 1.71. The summed E-state index contributed by atoms with van der Waals surface area (Å²) in [6.45, 7) is 6.19. The topological polar surface area (TPSA) is 51.8 Å². The van der Waals surface area contributed by atoms with Gasteiger partial charge in [-0.2, -0.15) is 0 Å². The molecule has 0 fully saturated rings. The quantitative estimate of drug-likeness (QED) is 0.919. The molecule has 96 valence electrons. The van der Waals surface area contributed by atoms with Crippen molar-refractivity contribution >= 4 is 11.3 Å². The van der Waals surface area contributed by atoms with Crippen LogP contribution in [0.2, 0.25) is 0 Å². The van der Waals surface area contributed by atoms with E-state index in [1.165, 1.54) is 4.88 Å². The van der Waals surface area contributed by atoms with E-state index in [9.17, 15) is 0 Å². The molecule has 0 amide bonds. The molecule has 0 aliphatic carbocycles. The van der Waals surface area contributed by atoms with Crippen molar-refractivity contribution in [2.24, 2.45) is 5.73 Å². The molecule has 0 unspecified atom stereocenters. The molecular weight excluding hydrogens is 242 g/mol. The van der Waals surface area contributed by atoms with Crippen molar-refractivity contribution in [3.05, 3.63) is 35.1 Å². The second kappa shape index (κ2) is 5.16. The molecule has 0 saturated carbocycles. The standard InChI is InChI=1S/C14H19N3S/c1-10-12(4-7-14(2,3)15)18-13(17-10)11-5-8-16-9-6-11/h5-6,8-9H,4,7,15H2,1-3H3. The molecule has 2 aromatic heterocycles. The lowest BCUT2D eigenvalue weighted by Crippen LogP contribution is -2.32. The second-order valence-corrected chi connectivity index (χ2v) is 6.34. The third-order valence-electron chi connectivity index (χ3n) is 2.82. The van der Waals surface area contributed by atoms with E-state index < -0.39 is 0 Å². The van der Waals surface area contributed by atoms with Crippen LogP contribution in [-0.4, -0.2) is 15.5 Å². The minimum absolute atomic E-state index is 0.118. The van der Waals surface area contributed by atoms with Crippen LogP contribution < -0.4 is 5.73 Å². The molecule has 0 aromatic carbocycles. The molecule has 3 nitrogen and oxygen atoms in total. The first-order valence-electron chi connectivity index (χ1n) is 6.11. The van der Waals surface area contributed by atoms with Gasteiger partial charge in [-0.1, -0.05) is 0 Å². The van der Waals surface area contributed by atoms with E-state index in [2.05, 4.69) is 30.7 Å². The Hall–Kier alpha value is -1.26. The minimum atomic E-state index is -0.118. The zero-order chi connectivity index (χ0) is 13.2. The van der Waals surface area contributed by atoms with Crippen LogP contribution >= 0.6 is 11.3 Å². The highest BCUT2D eigenvalue weighted by atomic mass is 32.1. The highest BCUT2D eigenvalue weighted by molar-refractivity contribution is 7.15. The maximum atomic E-state index is 6.03.